The van der Waals surface area contributed by atoms with E-state index in [2.05, 4.69) is 24.3 Å². The summed E-state index contributed by atoms with van der Waals surface area (Å²) in [6.45, 7) is 7.92. The van der Waals surface area contributed by atoms with E-state index >= 15 is 0 Å². The predicted molar refractivity (Wildman–Crippen MR) is 43.5 cm³/mol. The van der Waals surface area contributed by atoms with Gasteiger partial charge in [-0.1, -0.05) is 25.0 Å². The minimum Gasteiger partial charge on any atom is -0.418 e. The Labute approximate surface area is 101 Å². The summed E-state index contributed by atoms with van der Waals surface area (Å²) in [5, 5.41) is 0. The summed E-state index contributed by atoms with van der Waals surface area (Å²) in [7, 11) is 0. The van der Waals surface area contributed by atoms with E-state index in [0.29, 0.717) is 5.69 Å². The van der Waals surface area contributed by atoms with Gasteiger partial charge in [0.1, 0.15) is 0 Å². The molecule has 0 unspecified atom stereocenters. The Hall–Kier alpha value is 0.0536. The molecule has 0 spiro atoms. The Morgan fingerprint density at radius 2 is 2.09 bits per heavy atom. The van der Waals surface area contributed by atoms with Crippen LogP contribution in [0.2, 0.25) is 0 Å². The number of aromatic nitrogens is 1. The van der Waals surface area contributed by atoms with E-state index in [9.17, 15) is 0 Å². The van der Waals surface area contributed by atoms with E-state index in [4.69, 9.17) is 5.73 Å². The van der Waals surface area contributed by atoms with Gasteiger partial charge in [0, 0.05) is 41.3 Å². The first kappa shape index (κ1) is 13.6. The van der Waals surface area contributed by atoms with Gasteiger partial charge in [-0.05, 0) is 0 Å². The molecule has 0 saturated heterocycles. The maximum absolute atomic E-state index is 5.40. The summed E-state index contributed by atoms with van der Waals surface area (Å²) in [6.07, 6.45) is 4.30. The Bertz CT molecular complexity index is 180. The molecule has 0 saturated carbocycles. The first-order valence-corrected chi connectivity index (χ1v) is 2.89. The predicted octanol–water partition coefficient (Wildman–Crippen LogP) is 1.57. The van der Waals surface area contributed by atoms with Crippen molar-refractivity contribution in [2.24, 2.45) is 0 Å². The van der Waals surface area contributed by atoms with E-state index in [-0.39, 0.29) is 41.3 Å². The van der Waals surface area contributed by atoms with Crippen LogP contribution in [0.25, 0.3) is 0 Å². The third-order valence-corrected chi connectivity index (χ3v) is 1.01. The molecule has 0 aliphatic heterocycles. The zero-order valence-electron chi connectivity index (χ0n) is 6.67. The van der Waals surface area contributed by atoms with Crippen LogP contribution in [0.4, 0.5) is 5.69 Å². The monoisotopic (exact) mass is 276 g/mol. The SMILES string of the molecule is C=C.Cc1ccn[c-]c1N.[Pr]. The number of hydrogen-bond donors (Lipinski definition) is 1. The van der Waals surface area contributed by atoms with Crippen LogP contribution >= 0.6 is 0 Å². The van der Waals surface area contributed by atoms with Crippen LogP contribution in [-0.4, -0.2) is 4.98 Å². The van der Waals surface area contributed by atoms with Crippen LogP contribution in [0.3, 0.4) is 0 Å². The quantitative estimate of drug-likeness (QED) is 0.577. The van der Waals surface area contributed by atoms with Crippen molar-refractivity contribution in [2.45, 2.75) is 6.92 Å². The normalized spacial score (nSPS) is 7.00. The molecule has 57 valence electrons. The molecule has 0 amide bonds. The van der Waals surface area contributed by atoms with Gasteiger partial charge in [-0.25, -0.2) is 0 Å². The molecule has 0 aliphatic rings. The van der Waals surface area contributed by atoms with Gasteiger partial charge < -0.3 is 10.7 Å². The van der Waals surface area contributed by atoms with Crippen molar-refractivity contribution >= 4 is 5.69 Å². The second-order valence-electron chi connectivity index (χ2n) is 1.65. The van der Waals surface area contributed by atoms with Crippen molar-refractivity contribution < 1.29 is 41.3 Å². The third kappa shape index (κ3) is 5.34. The molecule has 11 heavy (non-hydrogen) atoms. The molecule has 0 atom stereocenters. The largest absolute Gasteiger partial charge is 0.418 e. The average molecular weight is 276 g/mol. The first-order chi connectivity index (χ1) is 4.80. The van der Waals surface area contributed by atoms with E-state index < -0.39 is 0 Å². The van der Waals surface area contributed by atoms with Gasteiger partial charge in [0.2, 0.25) is 0 Å². The van der Waals surface area contributed by atoms with Crippen molar-refractivity contribution in [3.63, 3.8) is 0 Å². The molecule has 1 heterocycles. The Morgan fingerprint density at radius 3 is 2.36 bits per heavy atom. The first-order valence-electron chi connectivity index (χ1n) is 2.89. The van der Waals surface area contributed by atoms with Crippen LogP contribution in [0.15, 0.2) is 25.4 Å². The molecule has 1 aromatic rings. The van der Waals surface area contributed by atoms with E-state index in [1.165, 1.54) is 0 Å². The molecule has 0 bridgehead atoms. The van der Waals surface area contributed by atoms with Gasteiger partial charge in [0.15, 0.2) is 0 Å². The van der Waals surface area contributed by atoms with Crippen molar-refractivity contribution in [1.82, 2.24) is 4.98 Å². The smallest absolute Gasteiger partial charge is 0 e. The maximum Gasteiger partial charge on any atom is 0 e. The number of nitrogens with two attached hydrogens (primary N) is 1. The summed E-state index contributed by atoms with van der Waals surface area (Å²) >= 11 is 0. The standard InChI is InChI=1S/C6H7N2.C2H4.Pr/c1-5-2-3-8-4-6(5)7;1-2;/h2-3H,7H2,1H3;1-2H2;/q-1;;. The Morgan fingerprint density at radius 1 is 1.55 bits per heavy atom. The molecule has 1 aromatic heterocycles. The van der Waals surface area contributed by atoms with Crippen LogP contribution < -0.4 is 5.73 Å². The summed E-state index contributed by atoms with van der Waals surface area (Å²) in [4.78, 5) is 3.70. The van der Waals surface area contributed by atoms with Crippen LogP contribution in [0.1, 0.15) is 5.56 Å². The third-order valence-electron chi connectivity index (χ3n) is 1.01. The fourth-order valence-corrected chi connectivity index (χ4v) is 0.434. The van der Waals surface area contributed by atoms with Gasteiger partial charge in [0.05, 0.1) is 0 Å². The fraction of sp³-hybridized carbons (Fsp3) is 0.125. The molecular formula is C8H11N2Pr-. The fourth-order valence-electron chi connectivity index (χ4n) is 0.434. The number of nitrogens with zero attached hydrogens (tertiary/aromatic N) is 1. The average Bonchev–Trinajstić information content (AvgIpc) is 2.00. The van der Waals surface area contributed by atoms with E-state index in [1.807, 2.05) is 13.0 Å². The molecule has 3 heteroatoms. The van der Waals surface area contributed by atoms with Gasteiger partial charge in [-0.15, -0.1) is 18.7 Å². The van der Waals surface area contributed by atoms with Gasteiger partial charge in [0.25, 0.3) is 0 Å². The van der Waals surface area contributed by atoms with Crippen molar-refractivity contribution in [3.05, 3.63) is 37.2 Å². The number of anilines is 1. The molecule has 0 fully saturated rings. The maximum atomic E-state index is 5.40. The molecule has 0 aliphatic carbocycles. The molecule has 0 aromatic carbocycles. The minimum absolute atomic E-state index is 0. The zero-order chi connectivity index (χ0) is 7.98. The van der Waals surface area contributed by atoms with E-state index in [1.54, 1.807) is 6.20 Å². The van der Waals surface area contributed by atoms with E-state index in [0.717, 1.165) is 5.56 Å². The van der Waals surface area contributed by atoms with Crippen molar-refractivity contribution in [2.75, 3.05) is 5.73 Å². The number of aryl methyl sites for hydroxylation is 1. The minimum atomic E-state index is 0. The summed E-state index contributed by atoms with van der Waals surface area (Å²) in [5.41, 5.74) is 7.06. The van der Waals surface area contributed by atoms with Crippen LogP contribution in [0, 0.1) is 54.4 Å². The van der Waals surface area contributed by atoms with Crippen molar-refractivity contribution in [3.8, 4) is 0 Å². The summed E-state index contributed by atoms with van der Waals surface area (Å²) in [5.74, 6) is 0. The second kappa shape index (κ2) is 8.15. The number of pyridine rings is 1. The Kier molecular flexibility index (Phi) is 10.1. The summed E-state index contributed by atoms with van der Waals surface area (Å²) < 4.78 is 0. The second-order valence-corrected chi connectivity index (χ2v) is 1.65. The van der Waals surface area contributed by atoms with Gasteiger partial charge in [-0.2, -0.15) is 6.07 Å². The zero-order valence-corrected chi connectivity index (χ0v) is 10.4. The van der Waals surface area contributed by atoms with Crippen LogP contribution in [0.5, 0.6) is 0 Å². The number of rotatable bonds is 0. The number of hydrogen-bond acceptors (Lipinski definition) is 2. The molecule has 2 N–H and O–H groups in total. The summed E-state index contributed by atoms with van der Waals surface area (Å²) in [6, 6.07) is 1.85. The molecule has 1 rings (SSSR count). The van der Waals surface area contributed by atoms with Crippen LogP contribution in [-0.2, 0) is 0 Å². The molecule has 1 radical (unpaired) electrons. The Balaban J connectivity index is 0. The van der Waals surface area contributed by atoms with Gasteiger partial charge in [-0.3, -0.25) is 0 Å². The number of nitrogen functional groups attached to an aromatic ring is 1. The molecule has 2 nitrogen and oxygen atoms in total. The van der Waals surface area contributed by atoms with Crippen molar-refractivity contribution in [1.29, 1.82) is 0 Å². The topological polar surface area (TPSA) is 38.9 Å². The molecular weight excluding hydrogens is 265 g/mol. The van der Waals surface area contributed by atoms with Gasteiger partial charge >= 0.3 is 0 Å².